The van der Waals surface area contributed by atoms with Crippen molar-refractivity contribution in [3.8, 4) is 0 Å². The Morgan fingerprint density at radius 3 is 2.38 bits per heavy atom. The summed E-state index contributed by atoms with van der Waals surface area (Å²) < 4.78 is 0. The highest BCUT2D eigenvalue weighted by Crippen LogP contribution is 2.19. The minimum atomic E-state index is 0.687. The predicted octanol–water partition coefficient (Wildman–Crippen LogP) is 3.76. The smallest absolute Gasteiger partial charge is 0.191 e. The van der Waals surface area contributed by atoms with Crippen molar-refractivity contribution in [3.05, 3.63) is 64.7 Å². The van der Waals surface area contributed by atoms with Crippen LogP contribution < -0.4 is 15.5 Å². The number of nitrogens with zero attached hydrogens (tertiary/aromatic N) is 2. The molecular formula is C20H25ClN4S. The summed E-state index contributed by atoms with van der Waals surface area (Å²) >= 11 is 8.06. The van der Waals surface area contributed by atoms with Crippen molar-refractivity contribution in [2.75, 3.05) is 36.5 Å². The molecule has 138 valence electrons. The van der Waals surface area contributed by atoms with Crippen LogP contribution in [0.15, 0.2) is 53.5 Å². The highest BCUT2D eigenvalue weighted by Gasteiger charge is 2.10. The minimum absolute atomic E-state index is 0.687. The van der Waals surface area contributed by atoms with Crippen molar-refractivity contribution in [2.45, 2.75) is 13.1 Å². The van der Waals surface area contributed by atoms with Gasteiger partial charge < -0.3 is 15.5 Å². The Hall–Kier alpha value is -1.85. The van der Waals surface area contributed by atoms with E-state index in [0.717, 1.165) is 36.2 Å². The van der Waals surface area contributed by atoms with Crippen LogP contribution in [0.2, 0.25) is 5.02 Å². The van der Waals surface area contributed by atoms with Gasteiger partial charge in [-0.15, -0.1) is 0 Å². The Balaban J connectivity index is 1.48. The SMILES string of the molecule is CN=C(NCc1ccc(N2CCSCC2)cc1)NCc1cccc(Cl)c1. The zero-order valence-corrected chi connectivity index (χ0v) is 16.6. The molecule has 2 aromatic carbocycles. The molecule has 6 heteroatoms. The van der Waals surface area contributed by atoms with E-state index in [1.807, 2.05) is 36.0 Å². The monoisotopic (exact) mass is 388 g/mol. The number of guanidine groups is 1. The van der Waals surface area contributed by atoms with Gasteiger partial charge in [0.15, 0.2) is 5.96 Å². The molecule has 0 aromatic heterocycles. The normalized spacial score (nSPS) is 15.0. The fourth-order valence-electron chi connectivity index (χ4n) is 2.89. The number of aliphatic imine (C=N–C) groups is 1. The van der Waals surface area contributed by atoms with Crippen molar-refractivity contribution >= 4 is 35.0 Å². The first-order valence-electron chi connectivity index (χ1n) is 8.85. The van der Waals surface area contributed by atoms with E-state index < -0.39 is 0 Å². The van der Waals surface area contributed by atoms with Gasteiger partial charge in [0.1, 0.15) is 0 Å². The van der Waals surface area contributed by atoms with E-state index in [-0.39, 0.29) is 0 Å². The van der Waals surface area contributed by atoms with Crippen LogP contribution in [0.25, 0.3) is 0 Å². The van der Waals surface area contributed by atoms with E-state index in [9.17, 15) is 0 Å². The molecule has 1 aliphatic heterocycles. The lowest BCUT2D eigenvalue weighted by Crippen LogP contribution is -2.36. The Morgan fingerprint density at radius 2 is 1.73 bits per heavy atom. The number of rotatable bonds is 5. The number of benzene rings is 2. The second-order valence-electron chi connectivity index (χ2n) is 6.18. The van der Waals surface area contributed by atoms with E-state index >= 15 is 0 Å². The lowest BCUT2D eigenvalue weighted by Gasteiger charge is -2.28. The van der Waals surface area contributed by atoms with Crippen molar-refractivity contribution in [3.63, 3.8) is 0 Å². The Bertz CT molecular complexity index is 727. The number of anilines is 1. The van der Waals surface area contributed by atoms with Crippen LogP contribution in [-0.4, -0.2) is 37.6 Å². The average molecular weight is 389 g/mol. The van der Waals surface area contributed by atoms with Gasteiger partial charge in [-0.1, -0.05) is 35.9 Å². The highest BCUT2D eigenvalue weighted by molar-refractivity contribution is 7.99. The number of halogens is 1. The average Bonchev–Trinajstić information content (AvgIpc) is 2.69. The van der Waals surface area contributed by atoms with E-state index in [1.165, 1.54) is 22.8 Å². The molecule has 0 radical (unpaired) electrons. The van der Waals surface area contributed by atoms with Crippen LogP contribution in [0.1, 0.15) is 11.1 Å². The third-order valence-electron chi connectivity index (χ3n) is 4.35. The number of hydrogen-bond acceptors (Lipinski definition) is 3. The fraction of sp³-hybridized carbons (Fsp3) is 0.350. The second-order valence-corrected chi connectivity index (χ2v) is 7.84. The summed E-state index contributed by atoms with van der Waals surface area (Å²) in [6.45, 7) is 3.71. The third-order valence-corrected chi connectivity index (χ3v) is 5.52. The van der Waals surface area contributed by atoms with E-state index in [1.54, 1.807) is 7.05 Å². The van der Waals surface area contributed by atoms with Gasteiger partial charge in [-0.25, -0.2) is 0 Å². The van der Waals surface area contributed by atoms with Crippen molar-refractivity contribution in [1.82, 2.24) is 10.6 Å². The number of hydrogen-bond donors (Lipinski definition) is 2. The molecular weight excluding hydrogens is 364 g/mol. The summed E-state index contributed by atoms with van der Waals surface area (Å²) in [5.74, 6) is 3.22. The maximum atomic E-state index is 6.03. The van der Waals surface area contributed by atoms with E-state index in [0.29, 0.717) is 6.54 Å². The lowest BCUT2D eigenvalue weighted by atomic mass is 10.2. The molecule has 2 N–H and O–H groups in total. The van der Waals surface area contributed by atoms with Crippen LogP contribution in [0.5, 0.6) is 0 Å². The molecule has 26 heavy (non-hydrogen) atoms. The quantitative estimate of drug-likeness (QED) is 0.604. The zero-order valence-electron chi connectivity index (χ0n) is 15.0. The van der Waals surface area contributed by atoms with Crippen molar-refractivity contribution in [1.29, 1.82) is 0 Å². The maximum absolute atomic E-state index is 6.03. The molecule has 1 fully saturated rings. The van der Waals surface area contributed by atoms with Gasteiger partial charge >= 0.3 is 0 Å². The minimum Gasteiger partial charge on any atom is -0.370 e. The molecule has 0 aliphatic carbocycles. The first-order chi connectivity index (χ1) is 12.7. The van der Waals surface area contributed by atoms with Gasteiger partial charge in [0.2, 0.25) is 0 Å². The second kappa shape index (κ2) is 9.74. The topological polar surface area (TPSA) is 39.7 Å². The van der Waals surface area contributed by atoms with E-state index in [2.05, 4.69) is 44.8 Å². The first-order valence-corrected chi connectivity index (χ1v) is 10.4. The van der Waals surface area contributed by atoms with Crippen molar-refractivity contribution in [2.24, 2.45) is 4.99 Å². The molecule has 0 bridgehead atoms. The standard InChI is InChI=1S/C20H25ClN4S/c1-22-20(24-15-17-3-2-4-18(21)13-17)23-14-16-5-7-19(8-6-16)25-9-11-26-12-10-25/h2-8,13H,9-12,14-15H2,1H3,(H2,22,23,24). The van der Waals surface area contributed by atoms with Gasteiger partial charge in [-0.3, -0.25) is 4.99 Å². The van der Waals surface area contributed by atoms with Crippen LogP contribution in [0.3, 0.4) is 0 Å². The molecule has 0 atom stereocenters. The lowest BCUT2D eigenvalue weighted by molar-refractivity contribution is 0.808. The van der Waals surface area contributed by atoms with Crippen LogP contribution in [-0.2, 0) is 13.1 Å². The summed E-state index contributed by atoms with van der Waals surface area (Å²) in [7, 11) is 1.78. The summed E-state index contributed by atoms with van der Waals surface area (Å²) in [5, 5.41) is 7.42. The van der Waals surface area contributed by atoms with Gasteiger partial charge in [0, 0.05) is 55.4 Å². The van der Waals surface area contributed by atoms with Gasteiger partial charge in [0.25, 0.3) is 0 Å². The molecule has 0 amide bonds. The number of thioether (sulfide) groups is 1. The third kappa shape index (κ3) is 5.58. The molecule has 0 unspecified atom stereocenters. The fourth-order valence-corrected chi connectivity index (χ4v) is 4.00. The predicted molar refractivity (Wildman–Crippen MR) is 114 cm³/mol. The molecule has 4 nitrogen and oxygen atoms in total. The molecule has 1 saturated heterocycles. The van der Waals surface area contributed by atoms with Crippen molar-refractivity contribution < 1.29 is 0 Å². The largest absolute Gasteiger partial charge is 0.370 e. The highest BCUT2D eigenvalue weighted by atomic mass is 35.5. The molecule has 1 aliphatic rings. The Labute approximate surface area is 165 Å². The maximum Gasteiger partial charge on any atom is 0.191 e. The summed E-state index contributed by atoms with van der Waals surface area (Å²) in [6.07, 6.45) is 0. The zero-order chi connectivity index (χ0) is 18.2. The summed E-state index contributed by atoms with van der Waals surface area (Å²) in [6, 6.07) is 16.7. The summed E-state index contributed by atoms with van der Waals surface area (Å²) in [4.78, 5) is 6.74. The Morgan fingerprint density at radius 1 is 1.04 bits per heavy atom. The van der Waals surface area contributed by atoms with Crippen LogP contribution in [0.4, 0.5) is 5.69 Å². The molecule has 0 saturated carbocycles. The first kappa shape index (κ1) is 18.9. The molecule has 1 heterocycles. The molecule has 2 aromatic rings. The van der Waals surface area contributed by atoms with E-state index in [4.69, 9.17) is 11.6 Å². The van der Waals surface area contributed by atoms with Crippen LogP contribution in [0, 0.1) is 0 Å². The Kier molecular flexibility index (Phi) is 7.09. The summed E-state index contributed by atoms with van der Waals surface area (Å²) in [5.41, 5.74) is 3.69. The number of nitrogens with one attached hydrogen (secondary N) is 2. The van der Waals surface area contributed by atoms with Gasteiger partial charge in [0.05, 0.1) is 0 Å². The molecule has 0 spiro atoms. The van der Waals surface area contributed by atoms with Gasteiger partial charge in [-0.05, 0) is 35.4 Å². The van der Waals surface area contributed by atoms with Gasteiger partial charge in [-0.2, -0.15) is 11.8 Å². The molecule has 3 rings (SSSR count). The van der Waals surface area contributed by atoms with Crippen LogP contribution >= 0.6 is 23.4 Å².